The van der Waals surface area contributed by atoms with Crippen LogP contribution in [0.2, 0.25) is 0 Å². The van der Waals surface area contributed by atoms with Crippen LogP contribution >= 0.6 is 0 Å². The monoisotopic (exact) mass is 336 g/mol. The van der Waals surface area contributed by atoms with Gasteiger partial charge in [0.1, 0.15) is 11.2 Å². The van der Waals surface area contributed by atoms with Crippen molar-refractivity contribution < 1.29 is 4.42 Å². The lowest BCUT2D eigenvalue weighted by atomic mass is 9.98. The van der Waals surface area contributed by atoms with Crippen LogP contribution in [0.25, 0.3) is 43.8 Å². The molecule has 0 amide bonds. The molecule has 1 aromatic heterocycles. The van der Waals surface area contributed by atoms with E-state index in [1.807, 2.05) is 0 Å². The smallest absolute Gasteiger partial charge is 0.143 e. The Morgan fingerprint density at radius 2 is 1.38 bits per heavy atom. The van der Waals surface area contributed by atoms with Gasteiger partial charge in [-0.05, 0) is 33.9 Å². The SMILES string of the molecule is CC(C)c1cccc2c1oc1c(-c3ccc4ccccc4c3)cccc12. The molecular formula is C25H20O. The van der Waals surface area contributed by atoms with Crippen molar-refractivity contribution in [2.45, 2.75) is 19.8 Å². The molecule has 0 bridgehead atoms. The van der Waals surface area contributed by atoms with Crippen LogP contribution in [0, 0.1) is 0 Å². The minimum absolute atomic E-state index is 0.434. The van der Waals surface area contributed by atoms with Gasteiger partial charge in [0.25, 0.3) is 0 Å². The molecule has 1 heteroatoms. The Kier molecular flexibility index (Phi) is 3.36. The van der Waals surface area contributed by atoms with Gasteiger partial charge in [0.2, 0.25) is 0 Å². The fourth-order valence-electron chi connectivity index (χ4n) is 3.88. The second kappa shape index (κ2) is 5.74. The molecule has 0 aliphatic rings. The fraction of sp³-hybridized carbons (Fsp3) is 0.120. The average molecular weight is 336 g/mol. The third-order valence-corrected chi connectivity index (χ3v) is 5.24. The molecule has 26 heavy (non-hydrogen) atoms. The second-order valence-electron chi connectivity index (χ2n) is 7.22. The number of hydrogen-bond acceptors (Lipinski definition) is 1. The highest BCUT2D eigenvalue weighted by molar-refractivity contribution is 6.10. The van der Waals surface area contributed by atoms with Gasteiger partial charge in [0.05, 0.1) is 0 Å². The molecule has 0 N–H and O–H groups in total. The maximum absolute atomic E-state index is 6.44. The van der Waals surface area contributed by atoms with Crippen LogP contribution in [0.1, 0.15) is 25.3 Å². The summed E-state index contributed by atoms with van der Waals surface area (Å²) >= 11 is 0. The van der Waals surface area contributed by atoms with Crippen molar-refractivity contribution in [2.24, 2.45) is 0 Å². The molecule has 0 spiro atoms. The molecule has 5 aromatic rings. The zero-order valence-corrected chi connectivity index (χ0v) is 15.0. The Hall–Kier alpha value is -3.06. The molecule has 0 radical (unpaired) electrons. The molecule has 0 fully saturated rings. The largest absolute Gasteiger partial charge is 0.455 e. The van der Waals surface area contributed by atoms with Crippen molar-refractivity contribution in [3.63, 3.8) is 0 Å². The van der Waals surface area contributed by atoms with E-state index in [-0.39, 0.29) is 0 Å². The van der Waals surface area contributed by atoms with E-state index >= 15 is 0 Å². The first-order chi connectivity index (χ1) is 12.7. The topological polar surface area (TPSA) is 13.1 Å². The lowest BCUT2D eigenvalue weighted by Gasteiger charge is -2.05. The highest BCUT2D eigenvalue weighted by atomic mass is 16.3. The van der Waals surface area contributed by atoms with Gasteiger partial charge in [-0.2, -0.15) is 0 Å². The number of fused-ring (bicyclic) bond motifs is 4. The highest BCUT2D eigenvalue weighted by Gasteiger charge is 2.15. The highest BCUT2D eigenvalue weighted by Crippen LogP contribution is 2.39. The predicted molar refractivity (Wildman–Crippen MR) is 111 cm³/mol. The van der Waals surface area contributed by atoms with Crippen molar-refractivity contribution in [1.82, 2.24) is 0 Å². The summed E-state index contributed by atoms with van der Waals surface area (Å²) < 4.78 is 6.44. The molecule has 0 atom stereocenters. The van der Waals surface area contributed by atoms with Gasteiger partial charge in [-0.15, -0.1) is 0 Å². The molecule has 126 valence electrons. The summed E-state index contributed by atoms with van der Waals surface area (Å²) in [5.74, 6) is 0.434. The predicted octanol–water partition coefficient (Wildman–Crippen LogP) is 7.53. The first-order valence-corrected chi connectivity index (χ1v) is 9.16. The van der Waals surface area contributed by atoms with E-state index in [0.29, 0.717) is 5.92 Å². The Labute approximate surface area is 152 Å². The molecular weight excluding hydrogens is 316 g/mol. The minimum atomic E-state index is 0.434. The molecule has 0 aliphatic heterocycles. The van der Waals surface area contributed by atoms with Crippen molar-refractivity contribution in [3.8, 4) is 11.1 Å². The van der Waals surface area contributed by atoms with Gasteiger partial charge in [-0.1, -0.05) is 86.6 Å². The Morgan fingerprint density at radius 1 is 0.654 bits per heavy atom. The van der Waals surface area contributed by atoms with Crippen molar-refractivity contribution in [1.29, 1.82) is 0 Å². The second-order valence-corrected chi connectivity index (χ2v) is 7.22. The molecule has 1 heterocycles. The van der Waals surface area contributed by atoms with Gasteiger partial charge < -0.3 is 4.42 Å². The van der Waals surface area contributed by atoms with Gasteiger partial charge >= 0.3 is 0 Å². The molecule has 1 nitrogen and oxygen atoms in total. The van der Waals surface area contributed by atoms with Crippen LogP contribution in [-0.4, -0.2) is 0 Å². The van der Waals surface area contributed by atoms with E-state index in [0.717, 1.165) is 16.7 Å². The third-order valence-electron chi connectivity index (χ3n) is 5.24. The van der Waals surface area contributed by atoms with Gasteiger partial charge in [-0.3, -0.25) is 0 Å². The molecule has 4 aromatic carbocycles. The molecule has 0 unspecified atom stereocenters. The summed E-state index contributed by atoms with van der Waals surface area (Å²) in [6.45, 7) is 4.43. The summed E-state index contributed by atoms with van der Waals surface area (Å²) in [5, 5.41) is 4.90. The maximum Gasteiger partial charge on any atom is 0.143 e. The van der Waals surface area contributed by atoms with E-state index in [2.05, 4.69) is 92.7 Å². The third kappa shape index (κ3) is 2.24. The summed E-state index contributed by atoms with van der Waals surface area (Å²) in [4.78, 5) is 0. The fourth-order valence-corrected chi connectivity index (χ4v) is 3.88. The Balaban J connectivity index is 1.82. The normalized spacial score (nSPS) is 11.8. The van der Waals surface area contributed by atoms with Crippen LogP contribution in [0.3, 0.4) is 0 Å². The molecule has 0 saturated carbocycles. The summed E-state index contributed by atoms with van der Waals surface area (Å²) in [5.41, 5.74) is 5.61. The van der Waals surface area contributed by atoms with Crippen molar-refractivity contribution in [2.75, 3.05) is 0 Å². The minimum Gasteiger partial charge on any atom is -0.455 e. The number of benzene rings is 4. The number of rotatable bonds is 2. The Bertz CT molecular complexity index is 1260. The van der Waals surface area contributed by atoms with Crippen molar-refractivity contribution >= 4 is 32.7 Å². The molecule has 5 rings (SSSR count). The van der Waals surface area contributed by atoms with E-state index in [4.69, 9.17) is 4.42 Å². The summed E-state index contributed by atoms with van der Waals surface area (Å²) in [7, 11) is 0. The molecule has 0 aliphatic carbocycles. The summed E-state index contributed by atoms with van der Waals surface area (Å²) in [6, 6.07) is 28.0. The zero-order valence-electron chi connectivity index (χ0n) is 15.0. The number of hydrogen-bond donors (Lipinski definition) is 0. The first kappa shape index (κ1) is 15.2. The maximum atomic E-state index is 6.44. The van der Waals surface area contributed by atoms with Crippen LogP contribution in [0.5, 0.6) is 0 Å². The number of furan rings is 1. The van der Waals surface area contributed by atoms with Gasteiger partial charge in [0.15, 0.2) is 0 Å². The zero-order chi connectivity index (χ0) is 17.7. The van der Waals surface area contributed by atoms with E-state index in [1.54, 1.807) is 0 Å². The molecule has 0 saturated heterocycles. The lowest BCUT2D eigenvalue weighted by molar-refractivity contribution is 0.658. The average Bonchev–Trinajstić information content (AvgIpc) is 3.06. The van der Waals surface area contributed by atoms with Crippen LogP contribution in [-0.2, 0) is 0 Å². The van der Waals surface area contributed by atoms with Crippen molar-refractivity contribution in [3.05, 3.63) is 84.4 Å². The standard InChI is InChI=1S/C25H20O/c1-16(2)20-9-5-11-22-23-12-6-10-21(25(23)26-24(20)22)19-14-13-17-7-3-4-8-18(17)15-19/h3-16H,1-2H3. The quantitative estimate of drug-likeness (QED) is 0.325. The van der Waals surface area contributed by atoms with Crippen LogP contribution in [0.15, 0.2) is 83.3 Å². The van der Waals surface area contributed by atoms with E-state index in [1.165, 1.54) is 32.7 Å². The van der Waals surface area contributed by atoms with Crippen LogP contribution < -0.4 is 0 Å². The van der Waals surface area contributed by atoms with Crippen LogP contribution in [0.4, 0.5) is 0 Å². The lowest BCUT2D eigenvalue weighted by Crippen LogP contribution is -1.86. The number of para-hydroxylation sites is 2. The van der Waals surface area contributed by atoms with Gasteiger partial charge in [0, 0.05) is 16.3 Å². The summed E-state index contributed by atoms with van der Waals surface area (Å²) in [6.07, 6.45) is 0. The Morgan fingerprint density at radius 3 is 2.19 bits per heavy atom. The van der Waals surface area contributed by atoms with E-state index in [9.17, 15) is 0 Å². The van der Waals surface area contributed by atoms with Gasteiger partial charge in [-0.25, -0.2) is 0 Å². The van der Waals surface area contributed by atoms with E-state index < -0.39 is 0 Å². The first-order valence-electron chi connectivity index (χ1n) is 9.16.